The van der Waals surface area contributed by atoms with Crippen LogP contribution in [0, 0.1) is 5.82 Å². The molecule has 5 rings (SSSR count). The zero-order valence-electron chi connectivity index (χ0n) is 23.9. The SMILES string of the molecule is CS(=O)(=O)CCN(Cc1nc(-c2nc(Nc3ccc(OCc4cccc(F)c4)cc3Cl)c3ccccc3n2)cs1)C(=O)C(F)(F)F. The molecule has 46 heavy (non-hydrogen) atoms. The van der Waals surface area contributed by atoms with Crippen LogP contribution in [0.15, 0.2) is 72.1 Å². The normalized spacial score (nSPS) is 11.9. The molecule has 0 aliphatic carbocycles. The van der Waals surface area contributed by atoms with Crippen LogP contribution in [-0.2, 0) is 27.8 Å². The molecule has 0 aliphatic rings. The number of carbonyl (C=O) groups is 1. The number of alkyl halides is 3. The van der Waals surface area contributed by atoms with Crippen LogP contribution in [0.2, 0.25) is 5.02 Å². The number of ether oxygens (including phenoxy) is 1. The molecule has 1 amide bonds. The van der Waals surface area contributed by atoms with E-state index >= 15 is 0 Å². The van der Waals surface area contributed by atoms with Crippen molar-refractivity contribution in [2.45, 2.75) is 19.3 Å². The standard InChI is InChI=1S/C30H24ClF4N5O4S2/c1-46(42,43)12-11-40(29(41)30(33,34)35)15-26-36-25(17-45-26)28-37-23-8-3-2-7-21(23)27(39-28)38-24-10-9-20(14-22(24)31)44-16-18-5-4-6-19(32)13-18/h2-10,13-14,17H,11-12,15-16H2,1H3,(H,37,38,39). The second-order valence-corrected chi connectivity index (χ2v) is 13.7. The van der Waals surface area contributed by atoms with E-state index in [1.54, 1.807) is 54.6 Å². The fourth-order valence-electron chi connectivity index (χ4n) is 4.25. The van der Waals surface area contributed by atoms with Gasteiger partial charge in [0.1, 0.15) is 44.5 Å². The number of sulfone groups is 1. The summed E-state index contributed by atoms with van der Waals surface area (Å²) in [6.45, 7) is -1.07. The predicted molar refractivity (Wildman–Crippen MR) is 167 cm³/mol. The molecule has 0 saturated heterocycles. The topological polar surface area (TPSA) is 114 Å². The Balaban J connectivity index is 1.38. The number of thiazole rings is 1. The Hall–Kier alpha value is -4.34. The zero-order chi connectivity index (χ0) is 33.1. The van der Waals surface area contributed by atoms with E-state index in [-0.39, 0.29) is 29.0 Å². The van der Waals surface area contributed by atoms with Crippen molar-refractivity contribution < 1.29 is 35.5 Å². The Morgan fingerprint density at radius 2 is 1.83 bits per heavy atom. The van der Waals surface area contributed by atoms with Crippen molar-refractivity contribution in [2.75, 3.05) is 23.9 Å². The van der Waals surface area contributed by atoms with Gasteiger partial charge in [-0.05, 0) is 42.0 Å². The van der Waals surface area contributed by atoms with Gasteiger partial charge in [-0.1, -0.05) is 35.9 Å². The van der Waals surface area contributed by atoms with Crippen LogP contribution in [0.25, 0.3) is 22.4 Å². The lowest BCUT2D eigenvalue weighted by Crippen LogP contribution is -2.42. The highest BCUT2D eigenvalue weighted by atomic mass is 35.5. The number of halogens is 5. The minimum Gasteiger partial charge on any atom is -0.489 e. The summed E-state index contributed by atoms with van der Waals surface area (Å²) < 4.78 is 82.0. The van der Waals surface area contributed by atoms with Crippen LogP contribution in [-0.4, -0.2) is 58.9 Å². The molecule has 0 fully saturated rings. The Kier molecular flexibility index (Phi) is 9.74. The lowest BCUT2D eigenvalue weighted by molar-refractivity contribution is -0.185. The third-order valence-electron chi connectivity index (χ3n) is 6.46. The Morgan fingerprint density at radius 3 is 2.54 bits per heavy atom. The molecule has 9 nitrogen and oxygen atoms in total. The highest BCUT2D eigenvalue weighted by Crippen LogP contribution is 2.33. The fraction of sp³-hybridized carbons (Fsp3) is 0.200. The molecule has 0 bridgehead atoms. The number of anilines is 2. The van der Waals surface area contributed by atoms with E-state index in [4.69, 9.17) is 16.3 Å². The highest BCUT2D eigenvalue weighted by Gasteiger charge is 2.42. The van der Waals surface area contributed by atoms with Crippen molar-refractivity contribution in [3.63, 3.8) is 0 Å². The van der Waals surface area contributed by atoms with Crippen LogP contribution in [0.4, 0.5) is 29.1 Å². The number of para-hydroxylation sites is 1. The number of nitrogens with zero attached hydrogens (tertiary/aromatic N) is 4. The van der Waals surface area contributed by atoms with Crippen molar-refractivity contribution in [1.29, 1.82) is 0 Å². The number of carbonyl (C=O) groups excluding carboxylic acids is 1. The van der Waals surface area contributed by atoms with Gasteiger partial charge in [0.15, 0.2) is 5.82 Å². The molecule has 0 atom stereocenters. The third kappa shape index (κ3) is 8.47. The van der Waals surface area contributed by atoms with Crippen molar-refractivity contribution in [1.82, 2.24) is 19.9 Å². The minimum atomic E-state index is -5.19. The van der Waals surface area contributed by atoms with Gasteiger partial charge >= 0.3 is 12.1 Å². The van der Waals surface area contributed by atoms with Gasteiger partial charge in [0.05, 0.1) is 28.5 Å². The van der Waals surface area contributed by atoms with E-state index in [1.165, 1.54) is 17.5 Å². The lowest BCUT2D eigenvalue weighted by Gasteiger charge is -2.22. The second-order valence-electron chi connectivity index (χ2n) is 10.1. The van der Waals surface area contributed by atoms with Gasteiger partial charge in [-0.15, -0.1) is 11.3 Å². The second kappa shape index (κ2) is 13.6. The van der Waals surface area contributed by atoms with E-state index in [9.17, 15) is 30.8 Å². The quantitative estimate of drug-likeness (QED) is 0.150. The molecular weight excluding hydrogens is 670 g/mol. The molecular formula is C30H24ClF4N5O4S2. The molecule has 240 valence electrons. The summed E-state index contributed by atoms with van der Waals surface area (Å²) in [7, 11) is -3.64. The number of rotatable bonds is 11. The maximum Gasteiger partial charge on any atom is 0.471 e. The maximum atomic E-state index is 13.5. The number of nitrogens with one attached hydrogen (secondary N) is 1. The van der Waals surface area contributed by atoms with E-state index in [0.29, 0.717) is 43.6 Å². The molecule has 3 aromatic carbocycles. The molecule has 16 heteroatoms. The first-order valence-electron chi connectivity index (χ1n) is 13.4. The first-order chi connectivity index (χ1) is 21.7. The van der Waals surface area contributed by atoms with Gasteiger partial charge < -0.3 is 15.0 Å². The molecule has 0 unspecified atom stereocenters. The van der Waals surface area contributed by atoms with E-state index in [0.717, 1.165) is 17.6 Å². The molecule has 5 aromatic rings. The summed E-state index contributed by atoms with van der Waals surface area (Å²) in [5.74, 6) is -2.20. The van der Waals surface area contributed by atoms with Gasteiger partial charge in [-0.2, -0.15) is 13.2 Å². The first-order valence-corrected chi connectivity index (χ1v) is 16.8. The molecule has 2 heterocycles. The number of hydrogen-bond acceptors (Lipinski definition) is 9. The highest BCUT2D eigenvalue weighted by molar-refractivity contribution is 7.90. The minimum absolute atomic E-state index is 0.129. The number of fused-ring (bicyclic) bond motifs is 1. The molecule has 1 N–H and O–H groups in total. The van der Waals surface area contributed by atoms with Crippen LogP contribution >= 0.6 is 22.9 Å². The summed E-state index contributed by atoms with van der Waals surface area (Å²) in [6.07, 6.45) is -4.31. The van der Waals surface area contributed by atoms with E-state index in [2.05, 4.69) is 20.3 Å². The van der Waals surface area contributed by atoms with Crippen molar-refractivity contribution in [2.24, 2.45) is 0 Å². The molecule has 0 saturated carbocycles. The van der Waals surface area contributed by atoms with Gasteiger partial charge in [-0.25, -0.2) is 27.8 Å². The van der Waals surface area contributed by atoms with Crippen LogP contribution in [0.5, 0.6) is 5.75 Å². The maximum absolute atomic E-state index is 13.5. The van der Waals surface area contributed by atoms with Crippen molar-refractivity contribution in [3.8, 4) is 17.3 Å². The Labute approximate surface area is 269 Å². The molecule has 0 aliphatic heterocycles. The summed E-state index contributed by atoms with van der Waals surface area (Å²) in [5, 5.41) is 5.80. The zero-order valence-corrected chi connectivity index (χ0v) is 26.3. The van der Waals surface area contributed by atoms with Crippen molar-refractivity contribution >= 4 is 61.1 Å². The molecule has 0 spiro atoms. The number of hydrogen-bond donors (Lipinski definition) is 1. The Bertz CT molecular complexity index is 2010. The smallest absolute Gasteiger partial charge is 0.471 e. The largest absolute Gasteiger partial charge is 0.489 e. The predicted octanol–water partition coefficient (Wildman–Crippen LogP) is 6.80. The van der Waals surface area contributed by atoms with E-state index in [1.807, 2.05) is 0 Å². The van der Waals surface area contributed by atoms with Crippen LogP contribution < -0.4 is 10.1 Å². The third-order valence-corrected chi connectivity index (χ3v) is 8.53. The average Bonchev–Trinajstić information content (AvgIpc) is 3.47. The van der Waals surface area contributed by atoms with Crippen LogP contribution in [0.1, 0.15) is 10.6 Å². The van der Waals surface area contributed by atoms with Gasteiger partial charge in [0.25, 0.3) is 0 Å². The molecule has 2 aromatic heterocycles. The van der Waals surface area contributed by atoms with E-state index < -0.39 is 40.8 Å². The summed E-state index contributed by atoms with van der Waals surface area (Å²) in [6, 6.07) is 18.1. The van der Waals surface area contributed by atoms with Gasteiger partial charge in [0, 0.05) is 29.6 Å². The van der Waals surface area contributed by atoms with Crippen LogP contribution in [0.3, 0.4) is 0 Å². The van der Waals surface area contributed by atoms with Gasteiger partial charge in [0.2, 0.25) is 0 Å². The fourth-order valence-corrected chi connectivity index (χ4v) is 5.81. The summed E-state index contributed by atoms with van der Waals surface area (Å²) >= 11 is 7.53. The monoisotopic (exact) mass is 693 g/mol. The molecule has 0 radical (unpaired) electrons. The average molecular weight is 694 g/mol. The summed E-state index contributed by atoms with van der Waals surface area (Å²) in [4.78, 5) is 25.9. The number of benzene rings is 3. The first kappa shape index (κ1) is 33.0. The Morgan fingerprint density at radius 1 is 1.04 bits per heavy atom. The number of aromatic nitrogens is 3. The summed E-state index contributed by atoms with van der Waals surface area (Å²) in [5.41, 5.74) is 1.92. The van der Waals surface area contributed by atoms with Crippen molar-refractivity contribution in [3.05, 3.63) is 93.5 Å². The lowest BCUT2D eigenvalue weighted by atomic mass is 10.2. The van der Waals surface area contributed by atoms with Gasteiger partial charge in [-0.3, -0.25) is 4.79 Å². The number of amides is 1.